The highest BCUT2D eigenvalue weighted by atomic mass is 79.9. The Morgan fingerprint density at radius 1 is 1.35 bits per heavy atom. The zero-order valence-corrected chi connectivity index (χ0v) is 14.7. The summed E-state index contributed by atoms with van der Waals surface area (Å²) in [6.07, 6.45) is 3.28. The molecule has 0 aliphatic rings. The quantitative estimate of drug-likeness (QED) is 0.644. The maximum absolute atomic E-state index is 6.37. The van der Waals surface area contributed by atoms with E-state index in [1.807, 2.05) is 23.5 Å². The molecule has 0 aliphatic carbocycles. The van der Waals surface area contributed by atoms with Crippen molar-refractivity contribution in [1.82, 2.24) is 5.32 Å². The van der Waals surface area contributed by atoms with Gasteiger partial charge >= 0.3 is 0 Å². The molecular formula is C16H19BrClNS. The van der Waals surface area contributed by atoms with Gasteiger partial charge in [-0.05, 0) is 61.0 Å². The maximum Gasteiger partial charge on any atom is 0.0454 e. The van der Waals surface area contributed by atoms with Gasteiger partial charge < -0.3 is 5.32 Å². The molecule has 0 amide bonds. The van der Waals surface area contributed by atoms with Gasteiger partial charge in [-0.15, -0.1) is 11.3 Å². The van der Waals surface area contributed by atoms with Crippen LogP contribution in [0.25, 0.3) is 0 Å². The highest BCUT2D eigenvalue weighted by Crippen LogP contribution is 2.29. The molecule has 108 valence electrons. The second kappa shape index (κ2) is 8.18. The first kappa shape index (κ1) is 16.0. The van der Waals surface area contributed by atoms with Gasteiger partial charge in [-0.3, -0.25) is 0 Å². The van der Waals surface area contributed by atoms with E-state index in [2.05, 4.69) is 51.7 Å². The van der Waals surface area contributed by atoms with E-state index < -0.39 is 0 Å². The second-order valence-corrected chi connectivity index (χ2v) is 7.15. The number of hydrogen-bond acceptors (Lipinski definition) is 2. The Morgan fingerprint density at radius 3 is 2.90 bits per heavy atom. The summed E-state index contributed by atoms with van der Waals surface area (Å²) in [6.45, 7) is 3.20. The Balaban J connectivity index is 2.11. The van der Waals surface area contributed by atoms with E-state index in [0.29, 0.717) is 6.04 Å². The van der Waals surface area contributed by atoms with Crippen LogP contribution in [-0.4, -0.2) is 6.54 Å². The lowest BCUT2D eigenvalue weighted by molar-refractivity contribution is 0.500. The molecule has 1 atom stereocenters. The van der Waals surface area contributed by atoms with Crippen molar-refractivity contribution < 1.29 is 0 Å². The Hall–Kier alpha value is -0.350. The van der Waals surface area contributed by atoms with Crippen molar-refractivity contribution in [2.75, 3.05) is 6.54 Å². The predicted molar refractivity (Wildman–Crippen MR) is 92.8 cm³/mol. The van der Waals surface area contributed by atoms with Gasteiger partial charge in [-0.1, -0.05) is 40.5 Å². The van der Waals surface area contributed by atoms with Crippen molar-refractivity contribution in [3.05, 3.63) is 55.6 Å². The van der Waals surface area contributed by atoms with Crippen LogP contribution in [0.15, 0.2) is 40.2 Å². The molecule has 1 aromatic heterocycles. The largest absolute Gasteiger partial charge is 0.310 e. The molecule has 0 radical (unpaired) electrons. The first-order chi connectivity index (χ1) is 9.70. The number of hydrogen-bond donors (Lipinski definition) is 1. The van der Waals surface area contributed by atoms with E-state index in [9.17, 15) is 0 Å². The fraction of sp³-hybridized carbons (Fsp3) is 0.375. The minimum atomic E-state index is 0.307. The van der Waals surface area contributed by atoms with E-state index in [0.717, 1.165) is 35.3 Å². The van der Waals surface area contributed by atoms with Crippen LogP contribution < -0.4 is 5.32 Å². The third-order valence-corrected chi connectivity index (χ3v) is 5.01. The van der Waals surface area contributed by atoms with Crippen molar-refractivity contribution in [2.45, 2.75) is 32.2 Å². The molecule has 2 rings (SSSR count). The van der Waals surface area contributed by atoms with Crippen LogP contribution in [0.2, 0.25) is 5.02 Å². The normalized spacial score (nSPS) is 12.6. The molecule has 2 aromatic rings. The van der Waals surface area contributed by atoms with E-state index in [1.54, 1.807) is 0 Å². The van der Waals surface area contributed by atoms with Crippen LogP contribution in [0.4, 0.5) is 0 Å². The topological polar surface area (TPSA) is 12.0 Å². The maximum atomic E-state index is 6.37. The van der Waals surface area contributed by atoms with Gasteiger partial charge in [0.2, 0.25) is 0 Å². The minimum absolute atomic E-state index is 0.307. The zero-order chi connectivity index (χ0) is 14.4. The number of halogens is 2. The first-order valence-electron chi connectivity index (χ1n) is 6.91. The molecule has 0 spiro atoms. The Kier molecular flexibility index (Phi) is 6.56. The summed E-state index contributed by atoms with van der Waals surface area (Å²) in [5.74, 6) is 0. The molecule has 20 heavy (non-hydrogen) atoms. The van der Waals surface area contributed by atoms with Crippen LogP contribution in [-0.2, 0) is 6.42 Å². The molecule has 1 heterocycles. The van der Waals surface area contributed by atoms with Crippen LogP contribution in [0.1, 0.15) is 36.2 Å². The lowest BCUT2D eigenvalue weighted by atomic mass is 10.0. The molecule has 1 unspecified atom stereocenters. The third kappa shape index (κ3) is 4.59. The number of rotatable bonds is 7. The molecule has 0 bridgehead atoms. The van der Waals surface area contributed by atoms with Crippen molar-refractivity contribution >= 4 is 38.9 Å². The summed E-state index contributed by atoms with van der Waals surface area (Å²) in [4.78, 5) is 1.43. The Morgan fingerprint density at radius 2 is 2.20 bits per heavy atom. The van der Waals surface area contributed by atoms with E-state index >= 15 is 0 Å². The van der Waals surface area contributed by atoms with Gasteiger partial charge in [-0.2, -0.15) is 0 Å². The summed E-state index contributed by atoms with van der Waals surface area (Å²) in [5.41, 5.74) is 1.19. The monoisotopic (exact) mass is 371 g/mol. The number of thiophene rings is 1. The summed E-state index contributed by atoms with van der Waals surface area (Å²) >= 11 is 11.7. The molecule has 1 N–H and O–H groups in total. The first-order valence-corrected chi connectivity index (χ1v) is 8.96. The Labute approximate surface area is 138 Å². The van der Waals surface area contributed by atoms with E-state index in [4.69, 9.17) is 11.6 Å². The van der Waals surface area contributed by atoms with Gasteiger partial charge in [-0.25, -0.2) is 0 Å². The van der Waals surface area contributed by atoms with Gasteiger partial charge in [0.05, 0.1) is 0 Å². The third-order valence-electron chi connectivity index (χ3n) is 3.23. The zero-order valence-electron chi connectivity index (χ0n) is 11.5. The highest BCUT2D eigenvalue weighted by Gasteiger charge is 2.15. The standard InChI is InChI=1S/C16H19BrClNS/c1-2-9-19-16(8-6-13-4-3-10-20-13)14-11-12(17)5-7-15(14)18/h3-5,7,10-11,16,19H,2,6,8-9H2,1H3. The van der Waals surface area contributed by atoms with Crippen LogP contribution >= 0.6 is 38.9 Å². The van der Waals surface area contributed by atoms with Crippen LogP contribution in [0.5, 0.6) is 0 Å². The van der Waals surface area contributed by atoms with Crippen molar-refractivity contribution in [2.24, 2.45) is 0 Å². The fourth-order valence-corrected chi connectivity index (χ4v) is 3.56. The van der Waals surface area contributed by atoms with E-state index in [1.165, 1.54) is 10.4 Å². The summed E-state index contributed by atoms with van der Waals surface area (Å²) < 4.78 is 1.08. The Bertz CT molecular complexity index is 527. The highest BCUT2D eigenvalue weighted by molar-refractivity contribution is 9.10. The lowest BCUT2D eigenvalue weighted by Gasteiger charge is -2.20. The average molecular weight is 373 g/mol. The molecule has 1 nitrogen and oxygen atoms in total. The van der Waals surface area contributed by atoms with Gasteiger partial charge in [0.25, 0.3) is 0 Å². The summed E-state index contributed by atoms with van der Waals surface area (Å²) in [6, 6.07) is 10.7. The van der Waals surface area contributed by atoms with Crippen molar-refractivity contribution in [1.29, 1.82) is 0 Å². The SMILES string of the molecule is CCCNC(CCc1cccs1)c1cc(Br)ccc1Cl. The number of nitrogens with one attached hydrogen (secondary N) is 1. The molecule has 4 heteroatoms. The number of aryl methyl sites for hydroxylation is 1. The van der Waals surface area contributed by atoms with Gasteiger partial charge in [0, 0.05) is 20.4 Å². The predicted octanol–water partition coefficient (Wildman–Crippen LogP) is 5.84. The van der Waals surface area contributed by atoms with E-state index in [-0.39, 0.29) is 0 Å². The lowest BCUT2D eigenvalue weighted by Crippen LogP contribution is -2.23. The van der Waals surface area contributed by atoms with Gasteiger partial charge in [0.1, 0.15) is 0 Å². The molecule has 1 aromatic carbocycles. The van der Waals surface area contributed by atoms with Gasteiger partial charge in [0.15, 0.2) is 0 Å². The van der Waals surface area contributed by atoms with Crippen molar-refractivity contribution in [3.8, 4) is 0 Å². The molecular weight excluding hydrogens is 354 g/mol. The summed E-state index contributed by atoms with van der Waals surface area (Å²) in [7, 11) is 0. The molecule has 0 saturated heterocycles. The fourth-order valence-electron chi connectivity index (χ4n) is 2.21. The smallest absolute Gasteiger partial charge is 0.0454 e. The summed E-state index contributed by atoms with van der Waals surface area (Å²) in [5, 5.41) is 6.59. The minimum Gasteiger partial charge on any atom is -0.310 e. The molecule has 0 aliphatic heterocycles. The molecule has 0 saturated carbocycles. The van der Waals surface area contributed by atoms with Crippen LogP contribution in [0, 0.1) is 0 Å². The molecule has 0 fully saturated rings. The second-order valence-electron chi connectivity index (χ2n) is 4.79. The number of benzene rings is 1. The average Bonchev–Trinajstić information content (AvgIpc) is 2.95. The van der Waals surface area contributed by atoms with Crippen LogP contribution in [0.3, 0.4) is 0 Å². The van der Waals surface area contributed by atoms with Crippen molar-refractivity contribution in [3.63, 3.8) is 0 Å².